The smallest absolute Gasteiger partial charge is 0.264 e. The Hall–Kier alpha value is -3.23. The molecular weight excluding hydrogens is 310 g/mol. The molecule has 122 valence electrons. The SMILES string of the molecule is Cc1c(C(=O)N2CCc3[nH]ncc3C2)cnn1-c1ccc(=O)[nH]n1. The Labute approximate surface area is 136 Å². The van der Waals surface area contributed by atoms with E-state index >= 15 is 0 Å². The van der Waals surface area contributed by atoms with Crippen molar-refractivity contribution in [3.8, 4) is 5.82 Å². The first-order valence-corrected chi connectivity index (χ1v) is 7.54. The van der Waals surface area contributed by atoms with Crippen LogP contribution >= 0.6 is 0 Å². The van der Waals surface area contributed by atoms with Gasteiger partial charge in [0, 0.05) is 36.8 Å². The van der Waals surface area contributed by atoms with Crippen molar-refractivity contribution in [2.24, 2.45) is 0 Å². The number of carbonyl (C=O) groups excluding carboxylic acids is 1. The maximum absolute atomic E-state index is 12.8. The second-order valence-corrected chi connectivity index (χ2v) is 5.69. The molecule has 24 heavy (non-hydrogen) atoms. The number of hydrogen-bond acceptors (Lipinski definition) is 5. The first-order chi connectivity index (χ1) is 11.6. The number of carbonyl (C=O) groups is 1. The topological polar surface area (TPSA) is 113 Å². The maximum atomic E-state index is 12.8. The van der Waals surface area contributed by atoms with Crippen molar-refractivity contribution in [3.05, 3.63) is 57.4 Å². The Morgan fingerprint density at radius 3 is 2.92 bits per heavy atom. The lowest BCUT2D eigenvalue weighted by molar-refractivity contribution is 0.0733. The Kier molecular flexibility index (Phi) is 3.26. The van der Waals surface area contributed by atoms with Crippen LogP contribution in [-0.2, 0) is 13.0 Å². The first-order valence-electron chi connectivity index (χ1n) is 7.54. The van der Waals surface area contributed by atoms with E-state index in [1.54, 1.807) is 24.1 Å². The van der Waals surface area contributed by atoms with Crippen LogP contribution in [0.4, 0.5) is 0 Å². The van der Waals surface area contributed by atoms with E-state index in [1.165, 1.54) is 16.9 Å². The summed E-state index contributed by atoms with van der Waals surface area (Å²) >= 11 is 0. The summed E-state index contributed by atoms with van der Waals surface area (Å²) in [5, 5.41) is 17.5. The van der Waals surface area contributed by atoms with Crippen LogP contribution in [0, 0.1) is 6.92 Å². The predicted molar refractivity (Wildman–Crippen MR) is 83.7 cm³/mol. The van der Waals surface area contributed by atoms with Crippen molar-refractivity contribution in [3.63, 3.8) is 0 Å². The number of rotatable bonds is 2. The maximum Gasteiger partial charge on any atom is 0.264 e. The van der Waals surface area contributed by atoms with E-state index in [9.17, 15) is 9.59 Å². The number of fused-ring (bicyclic) bond motifs is 1. The number of nitrogens with zero attached hydrogens (tertiary/aromatic N) is 5. The van der Waals surface area contributed by atoms with Gasteiger partial charge in [0.25, 0.3) is 11.5 Å². The van der Waals surface area contributed by atoms with Gasteiger partial charge in [-0.25, -0.2) is 9.78 Å². The fraction of sp³-hybridized carbons (Fsp3) is 0.267. The quantitative estimate of drug-likeness (QED) is 0.698. The van der Waals surface area contributed by atoms with Crippen LogP contribution < -0.4 is 5.56 Å². The van der Waals surface area contributed by atoms with Crippen LogP contribution in [0.5, 0.6) is 0 Å². The van der Waals surface area contributed by atoms with E-state index in [1.807, 2.05) is 0 Å². The number of H-pyrrole nitrogens is 2. The Morgan fingerprint density at radius 2 is 2.12 bits per heavy atom. The van der Waals surface area contributed by atoms with Crippen LogP contribution in [0.25, 0.3) is 5.82 Å². The van der Waals surface area contributed by atoms with E-state index in [0.29, 0.717) is 30.2 Å². The molecule has 9 heteroatoms. The number of amides is 1. The zero-order valence-corrected chi connectivity index (χ0v) is 13.0. The molecule has 2 N–H and O–H groups in total. The van der Waals surface area contributed by atoms with Gasteiger partial charge in [0.15, 0.2) is 5.82 Å². The summed E-state index contributed by atoms with van der Waals surface area (Å²) < 4.78 is 1.54. The van der Waals surface area contributed by atoms with Crippen molar-refractivity contribution < 1.29 is 4.79 Å². The molecular formula is C15H15N7O2. The van der Waals surface area contributed by atoms with Crippen LogP contribution in [0.3, 0.4) is 0 Å². The molecule has 0 radical (unpaired) electrons. The summed E-state index contributed by atoms with van der Waals surface area (Å²) in [7, 11) is 0. The van der Waals surface area contributed by atoms with Gasteiger partial charge in [-0.2, -0.15) is 15.3 Å². The lowest BCUT2D eigenvalue weighted by Crippen LogP contribution is -2.35. The molecule has 1 aliphatic heterocycles. The normalized spacial score (nSPS) is 13.8. The van der Waals surface area contributed by atoms with Gasteiger partial charge >= 0.3 is 0 Å². The van der Waals surface area contributed by atoms with Gasteiger partial charge in [-0.05, 0) is 13.0 Å². The molecule has 4 heterocycles. The van der Waals surface area contributed by atoms with Gasteiger partial charge in [0.2, 0.25) is 0 Å². The van der Waals surface area contributed by atoms with Gasteiger partial charge in [-0.15, -0.1) is 0 Å². The summed E-state index contributed by atoms with van der Waals surface area (Å²) in [5.74, 6) is 0.386. The Balaban J connectivity index is 1.62. The molecule has 0 atom stereocenters. The van der Waals surface area contributed by atoms with Gasteiger partial charge in [0.05, 0.1) is 23.7 Å². The minimum Gasteiger partial charge on any atom is -0.334 e. The second kappa shape index (κ2) is 5.44. The van der Waals surface area contributed by atoms with E-state index < -0.39 is 0 Å². The number of aromatic nitrogens is 6. The molecule has 0 fully saturated rings. The largest absolute Gasteiger partial charge is 0.334 e. The zero-order chi connectivity index (χ0) is 16.7. The minimum atomic E-state index is -0.288. The zero-order valence-electron chi connectivity index (χ0n) is 13.0. The number of aromatic amines is 2. The number of nitrogens with one attached hydrogen (secondary N) is 2. The fourth-order valence-electron chi connectivity index (χ4n) is 2.87. The molecule has 0 saturated carbocycles. The molecule has 1 amide bonds. The van der Waals surface area contributed by atoms with Crippen molar-refractivity contribution in [1.29, 1.82) is 0 Å². The molecule has 0 aliphatic carbocycles. The molecule has 0 aromatic carbocycles. The van der Waals surface area contributed by atoms with E-state index in [4.69, 9.17) is 0 Å². The highest BCUT2D eigenvalue weighted by Gasteiger charge is 2.25. The molecule has 9 nitrogen and oxygen atoms in total. The van der Waals surface area contributed by atoms with Gasteiger partial charge in [-0.3, -0.25) is 14.7 Å². The average molecular weight is 325 g/mol. The third kappa shape index (κ3) is 2.30. The molecule has 0 saturated heterocycles. The molecule has 1 aliphatic rings. The minimum absolute atomic E-state index is 0.0741. The summed E-state index contributed by atoms with van der Waals surface area (Å²) in [6.45, 7) is 2.97. The monoisotopic (exact) mass is 325 g/mol. The van der Waals surface area contributed by atoms with Crippen molar-refractivity contribution >= 4 is 5.91 Å². The molecule has 3 aromatic heterocycles. The summed E-state index contributed by atoms with van der Waals surface area (Å²) in [4.78, 5) is 25.7. The Morgan fingerprint density at radius 1 is 1.25 bits per heavy atom. The van der Waals surface area contributed by atoms with Crippen LogP contribution in [0.2, 0.25) is 0 Å². The standard InChI is InChI=1S/C15H15N7O2/c1-9-11(7-17-22(9)13-2-3-14(23)20-19-13)15(24)21-5-4-12-10(8-21)6-16-18-12/h2-3,6-7H,4-5,8H2,1H3,(H,16,18)(H,20,23). The first kappa shape index (κ1) is 14.4. The fourth-order valence-corrected chi connectivity index (χ4v) is 2.87. The molecule has 0 bridgehead atoms. The van der Waals surface area contributed by atoms with Gasteiger partial charge < -0.3 is 4.90 Å². The van der Waals surface area contributed by atoms with Crippen molar-refractivity contribution in [1.82, 2.24) is 35.1 Å². The second-order valence-electron chi connectivity index (χ2n) is 5.69. The van der Waals surface area contributed by atoms with Gasteiger partial charge in [0.1, 0.15) is 0 Å². The van der Waals surface area contributed by atoms with Crippen LogP contribution in [0.1, 0.15) is 27.3 Å². The van der Waals surface area contributed by atoms with E-state index in [0.717, 1.165) is 17.7 Å². The van der Waals surface area contributed by atoms with Gasteiger partial charge in [-0.1, -0.05) is 0 Å². The highest BCUT2D eigenvalue weighted by molar-refractivity contribution is 5.95. The van der Waals surface area contributed by atoms with E-state index in [2.05, 4.69) is 25.5 Å². The van der Waals surface area contributed by atoms with Crippen LogP contribution in [0.15, 0.2) is 29.3 Å². The van der Waals surface area contributed by atoms with E-state index in [-0.39, 0.29) is 11.5 Å². The van der Waals surface area contributed by atoms with Crippen molar-refractivity contribution in [2.75, 3.05) is 6.54 Å². The molecule has 0 spiro atoms. The third-order valence-electron chi connectivity index (χ3n) is 4.21. The third-order valence-corrected chi connectivity index (χ3v) is 4.21. The Bertz CT molecular complexity index is 948. The number of hydrogen-bond donors (Lipinski definition) is 2. The average Bonchev–Trinajstić information content (AvgIpc) is 3.21. The molecule has 0 unspecified atom stereocenters. The summed E-state index contributed by atoms with van der Waals surface area (Å²) in [5.41, 5.74) is 3.04. The molecule has 4 rings (SSSR count). The summed E-state index contributed by atoms with van der Waals surface area (Å²) in [6.07, 6.45) is 4.06. The highest BCUT2D eigenvalue weighted by atomic mass is 16.2. The summed E-state index contributed by atoms with van der Waals surface area (Å²) in [6, 6.07) is 2.93. The lowest BCUT2D eigenvalue weighted by Gasteiger charge is -2.26. The highest BCUT2D eigenvalue weighted by Crippen LogP contribution is 2.20. The molecule has 3 aromatic rings. The predicted octanol–water partition coefficient (Wildman–Crippen LogP) is 0.186. The lowest BCUT2D eigenvalue weighted by atomic mass is 10.1. The van der Waals surface area contributed by atoms with Crippen molar-refractivity contribution in [2.45, 2.75) is 19.9 Å². The van der Waals surface area contributed by atoms with Crippen LogP contribution in [-0.4, -0.2) is 47.5 Å².